The van der Waals surface area contributed by atoms with Gasteiger partial charge >= 0.3 is 0 Å². The number of benzene rings is 2. The van der Waals surface area contributed by atoms with Crippen molar-refractivity contribution in [2.75, 3.05) is 12.4 Å². The Bertz CT molecular complexity index is 1270. The summed E-state index contributed by atoms with van der Waals surface area (Å²) in [6, 6.07) is 19.4. The largest absolute Gasteiger partial charge is 0.497 e. The van der Waals surface area contributed by atoms with Crippen molar-refractivity contribution in [2.24, 2.45) is 0 Å². The van der Waals surface area contributed by atoms with E-state index in [2.05, 4.69) is 36.4 Å². The van der Waals surface area contributed by atoms with Crippen LogP contribution in [0.15, 0.2) is 60.7 Å². The zero-order valence-corrected chi connectivity index (χ0v) is 19.5. The van der Waals surface area contributed by atoms with E-state index >= 15 is 0 Å². The van der Waals surface area contributed by atoms with Crippen LogP contribution in [0, 0.1) is 6.92 Å². The number of rotatable bonds is 6. The van der Waals surface area contributed by atoms with Crippen LogP contribution in [0.4, 0.5) is 5.82 Å². The first-order chi connectivity index (χ1) is 15.8. The van der Waals surface area contributed by atoms with E-state index in [4.69, 9.17) is 9.84 Å². The Labute approximate surface area is 193 Å². The maximum atomic E-state index is 13.2. The summed E-state index contributed by atoms with van der Waals surface area (Å²) in [6.07, 6.45) is 0. The van der Waals surface area contributed by atoms with Crippen molar-refractivity contribution in [3.63, 3.8) is 0 Å². The highest BCUT2D eigenvalue weighted by Crippen LogP contribution is 2.25. The molecule has 0 radical (unpaired) electrons. The van der Waals surface area contributed by atoms with Crippen molar-refractivity contribution in [1.82, 2.24) is 24.8 Å². The third-order valence-electron chi connectivity index (χ3n) is 5.37. The van der Waals surface area contributed by atoms with E-state index < -0.39 is 0 Å². The number of hydrogen-bond donors (Lipinski definition) is 1. The highest BCUT2D eigenvalue weighted by atomic mass is 16.5. The SMILES string of the molecule is COc1cccc(-n2nnc(C(=O)Nc3cc(C(C)(C)C)nn3Cc3ccccc3)c2C)c1. The number of nitrogens with one attached hydrogen (secondary N) is 1. The van der Waals surface area contributed by atoms with E-state index in [1.54, 1.807) is 11.8 Å². The average molecular weight is 445 g/mol. The minimum atomic E-state index is -0.337. The number of methoxy groups -OCH3 is 1. The molecular weight excluding hydrogens is 416 g/mol. The lowest BCUT2D eigenvalue weighted by atomic mass is 9.92. The minimum Gasteiger partial charge on any atom is -0.497 e. The molecule has 2 aromatic heterocycles. The molecule has 8 heteroatoms. The second-order valence-electron chi connectivity index (χ2n) is 8.90. The lowest BCUT2D eigenvalue weighted by molar-refractivity contribution is 0.102. The van der Waals surface area contributed by atoms with Crippen LogP contribution in [-0.4, -0.2) is 37.8 Å². The molecule has 0 fully saturated rings. The summed E-state index contributed by atoms with van der Waals surface area (Å²) >= 11 is 0. The Kier molecular flexibility index (Phi) is 6.00. The zero-order chi connectivity index (χ0) is 23.6. The van der Waals surface area contributed by atoms with Crippen LogP contribution in [0.2, 0.25) is 0 Å². The summed E-state index contributed by atoms with van der Waals surface area (Å²) < 4.78 is 8.73. The maximum Gasteiger partial charge on any atom is 0.279 e. The van der Waals surface area contributed by atoms with Crippen molar-refractivity contribution in [2.45, 2.75) is 39.7 Å². The molecule has 1 amide bonds. The smallest absolute Gasteiger partial charge is 0.279 e. The molecule has 0 aliphatic carbocycles. The summed E-state index contributed by atoms with van der Waals surface area (Å²) in [6.45, 7) is 8.64. The Hall–Kier alpha value is -3.94. The molecule has 0 saturated carbocycles. The van der Waals surface area contributed by atoms with Crippen molar-refractivity contribution < 1.29 is 9.53 Å². The minimum absolute atomic E-state index is 0.160. The number of hydrogen-bond acceptors (Lipinski definition) is 5. The van der Waals surface area contributed by atoms with Gasteiger partial charge in [0.05, 0.1) is 30.7 Å². The van der Waals surface area contributed by atoms with E-state index in [9.17, 15) is 4.79 Å². The number of nitrogens with zero attached hydrogens (tertiary/aromatic N) is 5. The first kappa shape index (κ1) is 22.3. The predicted molar refractivity (Wildman–Crippen MR) is 127 cm³/mol. The monoisotopic (exact) mass is 444 g/mol. The van der Waals surface area contributed by atoms with E-state index in [1.165, 1.54) is 0 Å². The molecule has 0 spiro atoms. The van der Waals surface area contributed by atoms with Crippen LogP contribution in [0.3, 0.4) is 0 Å². The molecule has 0 saturated heterocycles. The van der Waals surface area contributed by atoms with E-state index in [0.29, 0.717) is 23.8 Å². The molecule has 4 rings (SSSR count). The zero-order valence-electron chi connectivity index (χ0n) is 19.5. The van der Waals surface area contributed by atoms with Crippen LogP contribution < -0.4 is 10.1 Å². The topological polar surface area (TPSA) is 86.9 Å². The second kappa shape index (κ2) is 8.90. The number of amides is 1. The van der Waals surface area contributed by atoms with Gasteiger partial charge in [0.15, 0.2) is 5.69 Å². The first-order valence-electron chi connectivity index (χ1n) is 10.8. The van der Waals surface area contributed by atoms with Gasteiger partial charge in [-0.3, -0.25) is 4.79 Å². The molecule has 170 valence electrons. The molecule has 2 aromatic carbocycles. The maximum absolute atomic E-state index is 13.2. The Balaban J connectivity index is 1.63. The summed E-state index contributed by atoms with van der Waals surface area (Å²) in [5.41, 5.74) is 3.48. The van der Waals surface area contributed by atoms with Crippen LogP contribution in [0.25, 0.3) is 5.69 Å². The fraction of sp³-hybridized carbons (Fsp3) is 0.280. The van der Waals surface area contributed by atoms with Gasteiger partial charge in [-0.2, -0.15) is 5.10 Å². The molecule has 0 aliphatic heterocycles. The van der Waals surface area contributed by atoms with Gasteiger partial charge in [0.2, 0.25) is 0 Å². The van der Waals surface area contributed by atoms with Gasteiger partial charge in [0.25, 0.3) is 5.91 Å². The van der Waals surface area contributed by atoms with Crippen LogP contribution in [0.5, 0.6) is 5.75 Å². The number of carbonyl (C=O) groups is 1. The standard InChI is InChI=1S/C25H28N6O2/c1-17-23(27-29-31(17)19-12-9-13-20(14-19)33-5)24(32)26-22-15-21(25(2,3)4)28-30(22)16-18-10-7-6-8-11-18/h6-15H,16H2,1-5H3,(H,26,32). The van der Waals surface area contributed by atoms with Gasteiger partial charge in [-0.1, -0.05) is 62.4 Å². The van der Waals surface area contributed by atoms with Crippen molar-refractivity contribution in [3.8, 4) is 11.4 Å². The molecule has 8 nitrogen and oxygen atoms in total. The molecule has 0 unspecified atom stereocenters. The molecule has 0 atom stereocenters. The highest BCUT2D eigenvalue weighted by molar-refractivity contribution is 6.03. The molecule has 33 heavy (non-hydrogen) atoms. The second-order valence-corrected chi connectivity index (χ2v) is 8.90. The summed E-state index contributed by atoms with van der Waals surface area (Å²) in [7, 11) is 1.61. The van der Waals surface area contributed by atoms with Crippen LogP contribution in [0.1, 0.15) is 48.2 Å². The molecule has 2 heterocycles. The van der Waals surface area contributed by atoms with Gasteiger partial charge in [-0.25, -0.2) is 9.36 Å². The molecule has 0 bridgehead atoms. The van der Waals surface area contributed by atoms with Gasteiger partial charge in [-0.15, -0.1) is 5.10 Å². The number of anilines is 1. The van der Waals surface area contributed by atoms with Crippen molar-refractivity contribution >= 4 is 11.7 Å². The molecule has 1 N–H and O–H groups in total. The summed E-state index contributed by atoms with van der Waals surface area (Å²) in [5, 5.41) is 16.1. The summed E-state index contributed by atoms with van der Waals surface area (Å²) in [4.78, 5) is 13.2. The molecular formula is C25H28N6O2. The fourth-order valence-corrected chi connectivity index (χ4v) is 3.46. The van der Waals surface area contributed by atoms with Crippen LogP contribution in [-0.2, 0) is 12.0 Å². The number of carbonyl (C=O) groups excluding carboxylic acids is 1. The Morgan fingerprint density at radius 1 is 1.06 bits per heavy atom. The van der Waals surface area contributed by atoms with Crippen molar-refractivity contribution in [3.05, 3.63) is 83.3 Å². The van der Waals surface area contributed by atoms with Gasteiger partial charge in [0, 0.05) is 17.5 Å². The number of ether oxygens (including phenoxy) is 1. The van der Waals surface area contributed by atoms with Crippen LogP contribution >= 0.6 is 0 Å². The molecule has 4 aromatic rings. The quantitative estimate of drug-likeness (QED) is 0.477. The van der Waals surface area contributed by atoms with Gasteiger partial charge in [-0.05, 0) is 24.6 Å². The highest BCUT2D eigenvalue weighted by Gasteiger charge is 2.23. The predicted octanol–water partition coefficient (Wildman–Crippen LogP) is 4.38. The average Bonchev–Trinajstić information content (AvgIpc) is 3.38. The lowest BCUT2D eigenvalue weighted by Gasteiger charge is -2.14. The fourth-order valence-electron chi connectivity index (χ4n) is 3.46. The van der Waals surface area contributed by atoms with Crippen molar-refractivity contribution in [1.29, 1.82) is 0 Å². The van der Waals surface area contributed by atoms with E-state index in [0.717, 1.165) is 16.9 Å². The molecule has 0 aliphatic rings. The normalized spacial score (nSPS) is 11.4. The summed E-state index contributed by atoms with van der Waals surface area (Å²) in [5.74, 6) is 0.980. The third kappa shape index (κ3) is 4.79. The Morgan fingerprint density at radius 2 is 1.82 bits per heavy atom. The third-order valence-corrected chi connectivity index (χ3v) is 5.37. The van der Waals surface area contributed by atoms with Gasteiger partial charge < -0.3 is 10.1 Å². The Morgan fingerprint density at radius 3 is 2.52 bits per heavy atom. The van der Waals surface area contributed by atoms with E-state index in [1.807, 2.05) is 72.3 Å². The first-order valence-corrected chi connectivity index (χ1v) is 10.8. The lowest BCUT2D eigenvalue weighted by Crippen LogP contribution is -2.18. The van der Waals surface area contributed by atoms with Gasteiger partial charge in [0.1, 0.15) is 11.6 Å². The number of aromatic nitrogens is 5. The van der Waals surface area contributed by atoms with E-state index in [-0.39, 0.29) is 17.0 Å².